The lowest BCUT2D eigenvalue weighted by molar-refractivity contribution is 0.343. The van der Waals surface area contributed by atoms with Crippen molar-refractivity contribution in [3.8, 4) is 0 Å². The van der Waals surface area contributed by atoms with Crippen LogP contribution < -0.4 is 5.32 Å². The first-order valence-corrected chi connectivity index (χ1v) is 8.96. The van der Waals surface area contributed by atoms with Crippen LogP contribution in [-0.2, 0) is 6.54 Å². The van der Waals surface area contributed by atoms with Crippen molar-refractivity contribution in [3.63, 3.8) is 0 Å². The summed E-state index contributed by atoms with van der Waals surface area (Å²) >= 11 is 6.07. The molecule has 6 heteroatoms. The summed E-state index contributed by atoms with van der Waals surface area (Å²) in [5.74, 6) is 1.66. The average Bonchev–Trinajstić information content (AvgIpc) is 2.99. The zero-order valence-corrected chi connectivity index (χ0v) is 18.1. The van der Waals surface area contributed by atoms with E-state index in [4.69, 9.17) is 16.6 Å². The summed E-state index contributed by atoms with van der Waals surface area (Å²) in [5.41, 5.74) is 1.20. The van der Waals surface area contributed by atoms with Crippen molar-refractivity contribution < 1.29 is 0 Å². The highest BCUT2D eigenvalue weighted by Crippen LogP contribution is 2.16. The van der Waals surface area contributed by atoms with Crippen molar-refractivity contribution >= 4 is 41.5 Å². The fraction of sp³-hybridized carbons (Fsp3) is 0.611. The lowest BCUT2D eigenvalue weighted by Gasteiger charge is -2.23. The van der Waals surface area contributed by atoms with Crippen molar-refractivity contribution in [2.24, 2.45) is 10.9 Å². The van der Waals surface area contributed by atoms with Gasteiger partial charge in [-0.05, 0) is 50.0 Å². The Labute approximate surface area is 168 Å². The van der Waals surface area contributed by atoms with Crippen LogP contribution in [0, 0.1) is 5.92 Å². The smallest absolute Gasteiger partial charge is 0.193 e. The van der Waals surface area contributed by atoms with Gasteiger partial charge in [0, 0.05) is 38.2 Å². The van der Waals surface area contributed by atoms with Gasteiger partial charge in [0.15, 0.2) is 5.96 Å². The predicted octanol–water partition coefficient (Wildman–Crippen LogP) is 3.70. The van der Waals surface area contributed by atoms with Crippen molar-refractivity contribution in [3.05, 3.63) is 34.9 Å². The number of likely N-dealkylation sites (tertiary alicyclic amines) is 1. The van der Waals surface area contributed by atoms with Crippen LogP contribution in [-0.4, -0.2) is 55.5 Å². The molecule has 1 heterocycles. The van der Waals surface area contributed by atoms with Crippen LogP contribution in [0.15, 0.2) is 29.3 Å². The second kappa shape index (κ2) is 11.2. The van der Waals surface area contributed by atoms with E-state index in [1.165, 1.54) is 25.1 Å². The second-order valence-corrected chi connectivity index (χ2v) is 6.66. The molecule has 0 aromatic heterocycles. The van der Waals surface area contributed by atoms with Crippen molar-refractivity contribution in [2.45, 2.75) is 26.8 Å². The number of rotatable bonds is 6. The van der Waals surface area contributed by atoms with Gasteiger partial charge in [-0.1, -0.05) is 30.7 Å². The summed E-state index contributed by atoms with van der Waals surface area (Å²) in [6.45, 7) is 10.5. The molecular weight excluding hydrogens is 435 g/mol. The summed E-state index contributed by atoms with van der Waals surface area (Å²) in [6.07, 6.45) is 1.26. The van der Waals surface area contributed by atoms with Gasteiger partial charge in [-0.2, -0.15) is 0 Å². The van der Waals surface area contributed by atoms with E-state index in [0.29, 0.717) is 5.92 Å². The maximum atomic E-state index is 6.07. The number of hydrogen-bond donors (Lipinski definition) is 1. The van der Waals surface area contributed by atoms with Crippen molar-refractivity contribution in [2.75, 3.05) is 39.8 Å². The molecule has 0 aliphatic carbocycles. The minimum absolute atomic E-state index is 0. The van der Waals surface area contributed by atoms with Crippen LogP contribution in [0.3, 0.4) is 0 Å². The lowest BCUT2D eigenvalue weighted by Crippen LogP contribution is -2.39. The van der Waals surface area contributed by atoms with Crippen LogP contribution >= 0.6 is 35.6 Å². The molecule has 1 fully saturated rings. The van der Waals surface area contributed by atoms with Gasteiger partial charge in [0.2, 0.25) is 0 Å². The third-order valence-electron chi connectivity index (χ3n) is 4.32. The van der Waals surface area contributed by atoms with Gasteiger partial charge in [-0.3, -0.25) is 4.99 Å². The van der Waals surface area contributed by atoms with Crippen LogP contribution in [0.5, 0.6) is 0 Å². The maximum Gasteiger partial charge on any atom is 0.193 e. The Balaban J connectivity index is 0.00000288. The second-order valence-electron chi connectivity index (χ2n) is 6.23. The Kier molecular flexibility index (Phi) is 10.0. The van der Waals surface area contributed by atoms with Gasteiger partial charge in [0.25, 0.3) is 0 Å². The standard InChI is InChI=1S/C18H29ClN4.HI/c1-4-20-18(21-12-16-9-10-23(5-2)14-16)22(3)13-15-7-6-8-17(19)11-15;/h6-8,11,16H,4-5,9-10,12-14H2,1-3H3,(H,20,21);1H. The van der Waals surface area contributed by atoms with E-state index in [9.17, 15) is 0 Å². The SMILES string of the molecule is CCNC(=NCC1CCN(CC)C1)N(C)Cc1cccc(Cl)c1.I. The molecule has 0 saturated carbocycles. The molecule has 1 atom stereocenters. The van der Waals surface area contributed by atoms with Gasteiger partial charge in [-0.15, -0.1) is 24.0 Å². The topological polar surface area (TPSA) is 30.9 Å². The Morgan fingerprint density at radius 1 is 1.42 bits per heavy atom. The molecule has 1 aliphatic rings. The summed E-state index contributed by atoms with van der Waals surface area (Å²) in [4.78, 5) is 9.53. The van der Waals surface area contributed by atoms with Crippen LogP contribution in [0.2, 0.25) is 5.02 Å². The summed E-state index contributed by atoms with van der Waals surface area (Å²) < 4.78 is 0. The molecule has 2 rings (SSSR count). The minimum atomic E-state index is 0. The van der Waals surface area contributed by atoms with E-state index < -0.39 is 0 Å². The molecule has 0 bridgehead atoms. The van der Waals surface area contributed by atoms with Crippen molar-refractivity contribution in [1.29, 1.82) is 0 Å². The zero-order chi connectivity index (χ0) is 16.7. The maximum absolute atomic E-state index is 6.07. The molecular formula is C18H30ClIN4. The van der Waals surface area contributed by atoms with Crippen LogP contribution in [0.4, 0.5) is 0 Å². The molecule has 0 amide bonds. The van der Waals surface area contributed by atoms with Crippen LogP contribution in [0.25, 0.3) is 0 Å². The molecule has 0 radical (unpaired) electrons. The molecule has 24 heavy (non-hydrogen) atoms. The Bertz CT molecular complexity index is 523. The number of guanidine groups is 1. The number of nitrogens with one attached hydrogen (secondary N) is 1. The molecule has 1 aromatic carbocycles. The summed E-state index contributed by atoms with van der Waals surface area (Å²) in [6, 6.07) is 8.01. The number of benzene rings is 1. The fourth-order valence-electron chi connectivity index (χ4n) is 3.02. The van der Waals surface area contributed by atoms with E-state index >= 15 is 0 Å². The normalized spacial score (nSPS) is 18.3. The van der Waals surface area contributed by atoms with E-state index in [1.807, 2.05) is 18.2 Å². The van der Waals surface area contributed by atoms with Gasteiger partial charge in [0.05, 0.1) is 0 Å². The van der Waals surface area contributed by atoms with E-state index in [-0.39, 0.29) is 24.0 Å². The predicted molar refractivity (Wildman–Crippen MR) is 115 cm³/mol. The fourth-order valence-corrected chi connectivity index (χ4v) is 3.23. The molecule has 4 nitrogen and oxygen atoms in total. The highest BCUT2D eigenvalue weighted by atomic mass is 127. The molecule has 1 unspecified atom stereocenters. The summed E-state index contributed by atoms with van der Waals surface area (Å²) in [7, 11) is 2.08. The van der Waals surface area contributed by atoms with Crippen molar-refractivity contribution in [1.82, 2.24) is 15.1 Å². The third kappa shape index (κ3) is 6.76. The Hall–Kier alpha value is -0.530. The summed E-state index contributed by atoms with van der Waals surface area (Å²) in [5, 5.41) is 4.18. The molecule has 1 aromatic rings. The zero-order valence-electron chi connectivity index (χ0n) is 15.0. The largest absolute Gasteiger partial charge is 0.357 e. The lowest BCUT2D eigenvalue weighted by atomic mass is 10.1. The molecule has 1 N–H and O–H groups in total. The first-order chi connectivity index (χ1) is 11.1. The third-order valence-corrected chi connectivity index (χ3v) is 4.56. The van der Waals surface area contributed by atoms with E-state index in [2.05, 4.69) is 42.1 Å². The first kappa shape index (κ1) is 21.5. The van der Waals surface area contributed by atoms with Crippen LogP contribution in [0.1, 0.15) is 25.8 Å². The molecule has 0 spiro atoms. The average molecular weight is 465 g/mol. The van der Waals surface area contributed by atoms with Gasteiger partial charge in [-0.25, -0.2) is 0 Å². The molecule has 136 valence electrons. The Morgan fingerprint density at radius 3 is 2.83 bits per heavy atom. The highest BCUT2D eigenvalue weighted by Gasteiger charge is 2.21. The number of halogens is 2. The van der Waals surface area contributed by atoms with Gasteiger partial charge in [0.1, 0.15) is 0 Å². The quantitative estimate of drug-likeness (QED) is 0.396. The minimum Gasteiger partial charge on any atom is -0.357 e. The van der Waals surface area contributed by atoms with Gasteiger partial charge < -0.3 is 15.1 Å². The number of aliphatic imine (C=N–C) groups is 1. The first-order valence-electron chi connectivity index (χ1n) is 8.58. The molecule has 1 aliphatic heterocycles. The molecule has 1 saturated heterocycles. The highest BCUT2D eigenvalue weighted by molar-refractivity contribution is 14.0. The number of nitrogens with zero attached hydrogens (tertiary/aromatic N) is 3. The Morgan fingerprint density at radius 2 is 2.21 bits per heavy atom. The van der Waals surface area contributed by atoms with Gasteiger partial charge >= 0.3 is 0 Å². The monoisotopic (exact) mass is 464 g/mol. The van der Waals surface area contributed by atoms with E-state index in [1.54, 1.807) is 0 Å². The number of hydrogen-bond acceptors (Lipinski definition) is 2. The van der Waals surface area contributed by atoms with E-state index in [0.717, 1.165) is 37.2 Å².